The molecule has 0 saturated heterocycles. The van der Waals surface area contributed by atoms with Crippen molar-refractivity contribution in [1.29, 1.82) is 0 Å². The molecule has 0 aromatic rings. The van der Waals surface area contributed by atoms with Gasteiger partial charge in [0.25, 0.3) is 0 Å². The van der Waals surface area contributed by atoms with Crippen LogP contribution < -0.4 is 0 Å². The van der Waals surface area contributed by atoms with Crippen molar-refractivity contribution in [3.63, 3.8) is 0 Å². The van der Waals surface area contributed by atoms with Crippen LogP contribution in [0.1, 0.15) is 0 Å². The standard InChI is InChI=1S/2ClH.Cu.H2O4S/c;;;1-5(2,3)4/h2*1H;;(H2,1,2,3,4)/q;;+2;/p-2. The molecule has 0 amide bonds. The first kappa shape index (κ1) is 11.7. The van der Waals surface area contributed by atoms with E-state index in [1.165, 1.54) is 0 Å². The van der Waals surface area contributed by atoms with Crippen LogP contribution in [0.15, 0.2) is 0 Å². The Bertz CT molecular complexity index is 108. The second-order valence-electron chi connectivity index (χ2n) is 0.491. The summed E-state index contributed by atoms with van der Waals surface area (Å²) in [7, 11) is 4.67. The first-order valence-electron chi connectivity index (χ1n) is 0.926. The van der Waals surface area contributed by atoms with Gasteiger partial charge in [0.1, 0.15) is 0 Å². The zero-order chi connectivity index (χ0) is 7.21. The van der Waals surface area contributed by atoms with E-state index in [0.29, 0.717) is 0 Å². The fourth-order valence-corrected chi connectivity index (χ4v) is 0. The first-order chi connectivity index (χ1) is 3.41. The Morgan fingerprint density at radius 1 is 1.25 bits per heavy atom. The summed E-state index contributed by atoms with van der Waals surface area (Å²) in [6.45, 7) is 0. The van der Waals surface area contributed by atoms with E-state index < -0.39 is 10.4 Å². The van der Waals surface area contributed by atoms with E-state index >= 15 is 0 Å². The average molecular weight is 233 g/mol. The van der Waals surface area contributed by atoms with Crippen molar-refractivity contribution in [2.75, 3.05) is 0 Å². The van der Waals surface area contributed by atoms with Crippen LogP contribution in [0.25, 0.3) is 0 Å². The summed E-state index contributed by atoms with van der Waals surface area (Å²) in [5.41, 5.74) is 0. The molecule has 0 atom stereocenters. The molecule has 0 bridgehead atoms. The van der Waals surface area contributed by atoms with E-state index in [-0.39, 0.29) is 0 Å². The molecule has 57 valence electrons. The molecule has 4 nitrogen and oxygen atoms in total. The molecule has 0 heterocycles. The number of hydrogen-bond donors (Lipinski definition) is 2. The molecular formula is H2Cl2CuO4S. The van der Waals surface area contributed by atoms with Crippen LogP contribution in [0.3, 0.4) is 0 Å². The summed E-state index contributed by atoms with van der Waals surface area (Å²) >= 11 is 0.757. The van der Waals surface area contributed by atoms with Crippen LogP contribution in [0.2, 0.25) is 0 Å². The Hall–Kier alpha value is 0.969. The monoisotopic (exact) mass is 231 g/mol. The van der Waals surface area contributed by atoms with Crippen LogP contribution in [0.4, 0.5) is 0 Å². The SMILES string of the molecule is O=S(=O)(O)O.[Cl][Cu][Cl]. The Morgan fingerprint density at radius 2 is 1.25 bits per heavy atom. The molecule has 8 heavy (non-hydrogen) atoms. The van der Waals surface area contributed by atoms with Gasteiger partial charge in [-0.25, -0.2) is 0 Å². The third-order valence-electron chi connectivity index (χ3n) is 0. The topological polar surface area (TPSA) is 74.6 Å². The van der Waals surface area contributed by atoms with Crippen molar-refractivity contribution >= 4 is 30.6 Å². The second-order valence-corrected chi connectivity index (χ2v) is 2.94. The van der Waals surface area contributed by atoms with Crippen molar-refractivity contribution in [3.05, 3.63) is 0 Å². The maximum atomic E-state index is 8.74. The van der Waals surface area contributed by atoms with Crippen molar-refractivity contribution in [3.8, 4) is 0 Å². The average Bonchev–Trinajstić information content (AvgIpc) is 1.27. The van der Waals surface area contributed by atoms with Crippen molar-refractivity contribution in [1.82, 2.24) is 0 Å². The van der Waals surface area contributed by atoms with Gasteiger partial charge in [-0.15, -0.1) is 0 Å². The first-order valence-corrected chi connectivity index (χ1v) is 4.91. The Labute approximate surface area is 61.4 Å². The summed E-state index contributed by atoms with van der Waals surface area (Å²) in [6, 6.07) is 0. The van der Waals surface area contributed by atoms with Gasteiger partial charge >= 0.3 is 43.7 Å². The molecule has 0 aliphatic heterocycles. The molecular weight excluding hydrogens is 231 g/mol. The van der Waals surface area contributed by atoms with E-state index in [1.807, 2.05) is 0 Å². The summed E-state index contributed by atoms with van der Waals surface area (Å²) in [5.74, 6) is 0. The van der Waals surface area contributed by atoms with Crippen LogP contribution in [-0.2, 0) is 23.5 Å². The zero-order valence-electron chi connectivity index (χ0n) is 3.18. The predicted molar refractivity (Wildman–Crippen MR) is 25.9 cm³/mol. The number of halogens is 2. The van der Waals surface area contributed by atoms with Crippen LogP contribution in [0.5, 0.6) is 0 Å². The van der Waals surface area contributed by atoms with Gasteiger partial charge < -0.3 is 0 Å². The van der Waals surface area contributed by atoms with E-state index in [4.69, 9.17) is 17.5 Å². The molecule has 0 aromatic carbocycles. The van der Waals surface area contributed by atoms with Crippen LogP contribution >= 0.6 is 20.2 Å². The minimum absolute atomic E-state index is 0.757. The van der Waals surface area contributed by atoms with Crippen LogP contribution in [-0.4, -0.2) is 17.5 Å². The number of hydrogen-bond acceptors (Lipinski definition) is 2. The predicted octanol–water partition coefficient (Wildman–Crippen LogP) is 0.724. The molecule has 0 aromatic heterocycles. The van der Waals surface area contributed by atoms with Crippen molar-refractivity contribution < 1.29 is 30.7 Å². The molecule has 0 unspecified atom stereocenters. The van der Waals surface area contributed by atoms with Gasteiger partial charge in [0.2, 0.25) is 0 Å². The fourth-order valence-electron chi connectivity index (χ4n) is 0. The minimum atomic E-state index is -4.67. The van der Waals surface area contributed by atoms with Gasteiger partial charge in [0, 0.05) is 0 Å². The fraction of sp³-hybridized carbons (Fsp3) is 0. The molecule has 0 aliphatic carbocycles. The van der Waals surface area contributed by atoms with Gasteiger partial charge in [0.05, 0.1) is 0 Å². The molecule has 0 radical (unpaired) electrons. The van der Waals surface area contributed by atoms with E-state index in [2.05, 4.69) is 20.2 Å². The summed E-state index contributed by atoms with van der Waals surface area (Å²) < 4.78 is 31.6. The van der Waals surface area contributed by atoms with E-state index in [1.54, 1.807) is 0 Å². The molecule has 0 spiro atoms. The van der Waals surface area contributed by atoms with Gasteiger partial charge in [-0.2, -0.15) is 8.42 Å². The maximum absolute atomic E-state index is 8.74. The molecule has 2 N–H and O–H groups in total. The van der Waals surface area contributed by atoms with E-state index in [0.717, 1.165) is 13.1 Å². The molecule has 0 fully saturated rings. The molecule has 8 heteroatoms. The van der Waals surface area contributed by atoms with Crippen molar-refractivity contribution in [2.24, 2.45) is 0 Å². The summed E-state index contributed by atoms with van der Waals surface area (Å²) in [5, 5.41) is 0. The third kappa shape index (κ3) is 264. The molecule has 0 saturated carbocycles. The normalized spacial score (nSPS) is 10.0. The summed E-state index contributed by atoms with van der Waals surface area (Å²) in [6.07, 6.45) is 0. The van der Waals surface area contributed by atoms with E-state index in [9.17, 15) is 0 Å². The Balaban J connectivity index is 0. The summed E-state index contributed by atoms with van der Waals surface area (Å²) in [4.78, 5) is 0. The van der Waals surface area contributed by atoms with Gasteiger partial charge in [-0.05, 0) is 0 Å². The Morgan fingerprint density at radius 3 is 1.25 bits per heavy atom. The van der Waals surface area contributed by atoms with Crippen LogP contribution in [0, 0.1) is 0 Å². The molecule has 0 aliphatic rings. The molecule has 0 rings (SSSR count). The quantitative estimate of drug-likeness (QED) is 0.477. The zero-order valence-corrected chi connectivity index (χ0v) is 6.45. The van der Waals surface area contributed by atoms with Crippen molar-refractivity contribution in [2.45, 2.75) is 0 Å². The second kappa shape index (κ2) is 6.09. The Kier molecular flexibility index (Phi) is 8.94. The van der Waals surface area contributed by atoms with Gasteiger partial charge in [-0.1, -0.05) is 0 Å². The number of rotatable bonds is 0. The van der Waals surface area contributed by atoms with Gasteiger partial charge in [-0.3, -0.25) is 9.11 Å². The third-order valence-corrected chi connectivity index (χ3v) is 0. The van der Waals surface area contributed by atoms with Gasteiger partial charge in [0.15, 0.2) is 0 Å².